The molecule has 0 saturated carbocycles. The van der Waals surface area contributed by atoms with E-state index in [1.165, 1.54) is 11.1 Å². The molecule has 2 aromatic rings. The van der Waals surface area contributed by atoms with Gasteiger partial charge in [-0.3, -0.25) is 0 Å². The summed E-state index contributed by atoms with van der Waals surface area (Å²) >= 11 is 5.98. The number of rotatable bonds is 9. The Kier molecular flexibility index (Phi) is 7.31. The molecule has 28 heavy (non-hydrogen) atoms. The van der Waals surface area contributed by atoms with E-state index < -0.39 is 6.10 Å². The van der Waals surface area contributed by atoms with Crippen molar-refractivity contribution in [3.63, 3.8) is 0 Å². The fraction of sp³-hybridized carbons (Fsp3) is 0.409. The number of aliphatic hydroxyl groups is 1. The molecular weight excluding hydrogens is 378 g/mol. The van der Waals surface area contributed by atoms with Crippen LogP contribution in [0.25, 0.3) is 0 Å². The highest BCUT2D eigenvalue weighted by molar-refractivity contribution is 6.30. The molecule has 0 radical (unpaired) electrons. The number of fused-ring (bicyclic) bond motifs is 1. The van der Waals surface area contributed by atoms with Crippen LogP contribution in [-0.4, -0.2) is 37.4 Å². The number of hydrogen-bond acceptors (Lipinski definition) is 5. The van der Waals surface area contributed by atoms with Crippen LogP contribution in [0.1, 0.15) is 29.7 Å². The second-order valence-corrected chi connectivity index (χ2v) is 7.46. The van der Waals surface area contributed by atoms with E-state index in [1.807, 2.05) is 24.3 Å². The van der Waals surface area contributed by atoms with Crippen molar-refractivity contribution in [2.75, 3.05) is 26.3 Å². The van der Waals surface area contributed by atoms with Gasteiger partial charge in [-0.1, -0.05) is 29.8 Å². The maximum absolute atomic E-state index is 11.4. The number of esters is 1. The molecule has 0 fully saturated rings. The smallest absolute Gasteiger partial charge is 0.344 e. The lowest BCUT2D eigenvalue weighted by molar-refractivity contribution is -0.145. The van der Waals surface area contributed by atoms with Gasteiger partial charge >= 0.3 is 5.97 Å². The van der Waals surface area contributed by atoms with E-state index in [0.717, 1.165) is 24.9 Å². The van der Waals surface area contributed by atoms with Gasteiger partial charge in [-0.25, -0.2) is 4.79 Å². The number of nitrogens with one attached hydrogen (secondary N) is 1. The Morgan fingerprint density at radius 1 is 1.25 bits per heavy atom. The molecule has 1 aliphatic rings. The van der Waals surface area contributed by atoms with Gasteiger partial charge in [-0.05, 0) is 73.2 Å². The van der Waals surface area contributed by atoms with E-state index >= 15 is 0 Å². The van der Waals surface area contributed by atoms with E-state index in [1.54, 1.807) is 19.1 Å². The van der Waals surface area contributed by atoms with Gasteiger partial charge in [0, 0.05) is 11.6 Å². The number of hydrogen-bond donors (Lipinski definition) is 2. The van der Waals surface area contributed by atoms with Gasteiger partial charge in [0.25, 0.3) is 0 Å². The average Bonchev–Trinajstić information content (AvgIpc) is 3.08. The third-order valence-electron chi connectivity index (χ3n) is 4.86. The second kappa shape index (κ2) is 9.92. The summed E-state index contributed by atoms with van der Waals surface area (Å²) in [4.78, 5) is 11.4. The summed E-state index contributed by atoms with van der Waals surface area (Å²) in [6, 6.07) is 13.3. The highest BCUT2D eigenvalue weighted by atomic mass is 35.5. The summed E-state index contributed by atoms with van der Waals surface area (Å²) < 4.78 is 10.4. The fourth-order valence-corrected chi connectivity index (χ4v) is 3.72. The molecule has 0 aliphatic heterocycles. The molecule has 5 nitrogen and oxygen atoms in total. The summed E-state index contributed by atoms with van der Waals surface area (Å²) in [5, 5.41) is 14.3. The van der Waals surface area contributed by atoms with Crippen molar-refractivity contribution in [1.82, 2.24) is 5.32 Å². The molecule has 2 unspecified atom stereocenters. The zero-order valence-electron chi connectivity index (χ0n) is 16.0. The first-order valence-corrected chi connectivity index (χ1v) is 9.97. The normalized spacial score (nSPS) is 16.5. The summed E-state index contributed by atoms with van der Waals surface area (Å²) in [6.45, 7) is 3.37. The van der Waals surface area contributed by atoms with Crippen LogP contribution < -0.4 is 10.1 Å². The van der Waals surface area contributed by atoms with E-state index in [0.29, 0.717) is 29.8 Å². The predicted octanol–water partition coefficient (Wildman–Crippen LogP) is 3.32. The minimum Gasteiger partial charge on any atom is -0.482 e. The predicted molar refractivity (Wildman–Crippen MR) is 109 cm³/mol. The first-order chi connectivity index (χ1) is 13.5. The van der Waals surface area contributed by atoms with Gasteiger partial charge in [-0.15, -0.1) is 0 Å². The van der Waals surface area contributed by atoms with Crippen molar-refractivity contribution in [3.8, 4) is 5.75 Å². The van der Waals surface area contributed by atoms with Gasteiger partial charge in [0.05, 0.1) is 12.7 Å². The molecule has 1 aliphatic carbocycles. The molecular formula is C22H26ClNO4. The third kappa shape index (κ3) is 5.71. The Labute approximate surface area is 170 Å². The minimum atomic E-state index is -0.578. The average molecular weight is 404 g/mol. The SMILES string of the molecule is CCOC(=O)COc1ccc2c(c1)CC(CNCC(O)c1cccc(Cl)c1)C2. The van der Waals surface area contributed by atoms with E-state index in [-0.39, 0.29) is 12.6 Å². The zero-order chi connectivity index (χ0) is 19.9. The molecule has 0 saturated heterocycles. The van der Waals surface area contributed by atoms with Gasteiger partial charge in [0.2, 0.25) is 0 Å². The van der Waals surface area contributed by atoms with Crippen molar-refractivity contribution in [3.05, 3.63) is 64.2 Å². The number of aliphatic hydroxyl groups excluding tert-OH is 1. The van der Waals surface area contributed by atoms with Gasteiger partial charge < -0.3 is 19.9 Å². The van der Waals surface area contributed by atoms with Gasteiger partial charge in [0.15, 0.2) is 6.61 Å². The molecule has 150 valence electrons. The van der Waals surface area contributed by atoms with Gasteiger partial charge in [0.1, 0.15) is 5.75 Å². The van der Waals surface area contributed by atoms with Crippen molar-refractivity contribution in [2.45, 2.75) is 25.9 Å². The lowest BCUT2D eigenvalue weighted by Crippen LogP contribution is -2.27. The maximum atomic E-state index is 11.4. The second-order valence-electron chi connectivity index (χ2n) is 7.03. The largest absolute Gasteiger partial charge is 0.482 e. The monoisotopic (exact) mass is 403 g/mol. The molecule has 0 aromatic heterocycles. The van der Waals surface area contributed by atoms with Crippen LogP contribution in [0.15, 0.2) is 42.5 Å². The summed E-state index contributed by atoms with van der Waals surface area (Å²) in [5.74, 6) is 0.807. The number of benzene rings is 2. The first kappa shape index (κ1) is 20.6. The van der Waals surface area contributed by atoms with Crippen LogP contribution in [0.3, 0.4) is 0 Å². The molecule has 6 heteroatoms. The standard InChI is InChI=1S/C22H26ClNO4/c1-2-27-22(26)14-28-20-7-6-16-8-15(9-18(16)11-20)12-24-13-21(25)17-4-3-5-19(23)10-17/h3-7,10-11,15,21,24-25H,2,8-9,12-14H2,1H3. The molecule has 3 rings (SSSR count). The lowest BCUT2D eigenvalue weighted by atomic mass is 10.1. The molecule has 2 atom stereocenters. The number of carbonyl (C=O) groups is 1. The topological polar surface area (TPSA) is 67.8 Å². The quantitative estimate of drug-likeness (QED) is 0.629. The Morgan fingerprint density at radius 2 is 2.07 bits per heavy atom. The molecule has 2 N–H and O–H groups in total. The van der Waals surface area contributed by atoms with Crippen LogP contribution >= 0.6 is 11.6 Å². The first-order valence-electron chi connectivity index (χ1n) is 9.59. The van der Waals surface area contributed by atoms with Crippen LogP contribution in [0.2, 0.25) is 5.02 Å². The van der Waals surface area contributed by atoms with Crippen molar-refractivity contribution < 1.29 is 19.4 Å². The number of carbonyl (C=O) groups excluding carboxylic acids is 1. The molecule has 0 bridgehead atoms. The summed E-state index contributed by atoms with van der Waals surface area (Å²) in [7, 11) is 0. The molecule has 0 spiro atoms. The third-order valence-corrected chi connectivity index (χ3v) is 5.10. The maximum Gasteiger partial charge on any atom is 0.344 e. The highest BCUT2D eigenvalue weighted by Crippen LogP contribution is 2.29. The lowest BCUT2D eigenvalue weighted by Gasteiger charge is -2.15. The molecule has 2 aromatic carbocycles. The van der Waals surface area contributed by atoms with Crippen molar-refractivity contribution in [1.29, 1.82) is 0 Å². The summed E-state index contributed by atoms with van der Waals surface area (Å²) in [5.41, 5.74) is 3.38. The fourth-order valence-electron chi connectivity index (χ4n) is 3.52. The Morgan fingerprint density at radius 3 is 2.86 bits per heavy atom. The van der Waals surface area contributed by atoms with Crippen LogP contribution in [0, 0.1) is 5.92 Å². The molecule has 0 heterocycles. The van der Waals surface area contributed by atoms with Crippen LogP contribution in [0.4, 0.5) is 0 Å². The van der Waals surface area contributed by atoms with E-state index in [2.05, 4.69) is 11.4 Å². The minimum absolute atomic E-state index is 0.0704. The Bertz CT molecular complexity index is 811. The highest BCUT2D eigenvalue weighted by Gasteiger charge is 2.22. The number of halogens is 1. The summed E-state index contributed by atoms with van der Waals surface area (Å²) in [6.07, 6.45) is 1.37. The number of ether oxygens (including phenoxy) is 2. The van der Waals surface area contributed by atoms with Crippen molar-refractivity contribution in [2.24, 2.45) is 5.92 Å². The van der Waals surface area contributed by atoms with Crippen molar-refractivity contribution >= 4 is 17.6 Å². The van der Waals surface area contributed by atoms with E-state index in [9.17, 15) is 9.90 Å². The van der Waals surface area contributed by atoms with Crippen LogP contribution in [-0.2, 0) is 22.4 Å². The van der Waals surface area contributed by atoms with E-state index in [4.69, 9.17) is 21.1 Å². The Balaban J connectivity index is 1.45. The molecule has 0 amide bonds. The van der Waals surface area contributed by atoms with Gasteiger partial charge in [-0.2, -0.15) is 0 Å². The van der Waals surface area contributed by atoms with Crippen LogP contribution in [0.5, 0.6) is 5.75 Å². The Hall–Kier alpha value is -2.08. The zero-order valence-corrected chi connectivity index (χ0v) is 16.7.